The highest BCUT2D eigenvalue weighted by atomic mass is 16.4. The van der Waals surface area contributed by atoms with Gasteiger partial charge in [-0.2, -0.15) is 0 Å². The number of carboxylic acids is 6. The van der Waals surface area contributed by atoms with Crippen molar-refractivity contribution in [3.8, 4) is 0 Å². The molecule has 0 rings (SSSR count). The molecule has 0 aromatic carbocycles. The van der Waals surface area contributed by atoms with Crippen molar-refractivity contribution in [3.05, 3.63) is 0 Å². The number of aliphatic carboxylic acids is 6. The van der Waals surface area contributed by atoms with Gasteiger partial charge in [0.05, 0.1) is 0 Å². The van der Waals surface area contributed by atoms with E-state index in [0.29, 0.717) is 0 Å². The zero-order valence-corrected chi connectivity index (χ0v) is 17.7. The summed E-state index contributed by atoms with van der Waals surface area (Å²) in [5.74, 6) is -5.00. The lowest BCUT2D eigenvalue weighted by Gasteiger charge is -1.59. The molecule has 0 bridgehead atoms. The maximum atomic E-state index is 9.00. The maximum Gasteiger partial charge on any atom is 0.300 e. The molecular formula is C12H39N5O12. The van der Waals surface area contributed by atoms with Crippen molar-refractivity contribution in [3.63, 3.8) is 0 Å². The topological polar surface area (TPSA) is 399 Å². The third kappa shape index (κ3) is 1100. The first kappa shape index (κ1) is 72.7. The first-order valence-corrected chi connectivity index (χ1v) is 5.57. The van der Waals surface area contributed by atoms with Crippen LogP contribution in [0.5, 0.6) is 0 Å². The molecule has 0 spiro atoms. The predicted molar refractivity (Wildman–Crippen MR) is 105 cm³/mol. The molecule has 0 aliphatic rings. The van der Waals surface area contributed by atoms with Crippen LogP contribution in [0.4, 0.5) is 0 Å². The summed E-state index contributed by atoms with van der Waals surface area (Å²) in [6.45, 7) is 6.50. The Morgan fingerprint density at radius 3 is 0.310 bits per heavy atom. The van der Waals surface area contributed by atoms with Crippen LogP contribution >= 0.6 is 0 Å². The second kappa shape index (κ2) is 64.3. The van der Waals surface area contributed by atoms with Gasteiger partial charge in [-0.3, -0.25) is 28.8 Å². The van der Waals surface area contributed by atoms with Gasteiger partial charge in [0.15, 0.2) is 0 Å². The van der Waals surface area contributed by atoms with Crippen molar-refractivity contribution in [2.75, 3.05) is 0 Å². The summed E-state index contributed by atoms with van der Waals surface area (Å²) < 4.78 is 0. The lowest BCUT2D eigenvalue weighted by atomic mass is 10.9. The number of rotatable bonds is 0. The summed E-state index contributed by atoms with van der Waals surface area (Å²) in [5, 5.41) is 44.5. The molecule has 0 atom stereocenters. The molecule has 0 saturated heterocycles. The zero-order valence-electron chi connectivity index (χ0n) is 17.7. The van der Waals surface area contributed by atoms with Crippen molar-refractivity contribution >= 4 is 35.8 Å². The lowest BCUT2D eigenvalue weighted by Crippen LogP contribution is -1.78. The van der Waals surface area contributed by atoms with E-state index in [-0.39, 0.29) is 30.8 Å². The molecule has 184 valence electrons. The van der Waals surface area contributed by atoms with Crippen LogP contribution in [0.15, 0.2) is 0 Å². The van der Waals surface area contributed by atoms with Gasteiger partial charge in [-0.1, -0.05) is 0 Å². The quantitative estimate of drug-likeness (QED) is 0.250. The Kier molecular flexibility index (Phi) is 161. The van der Waals surface area contributed by atoms with E-state index in [1.807, 2.05) is 0 Å². The van der Waals surface area contributed by atoms with Crippen molar-refractivity contribution in [1.29, 1.82) is 0 Å². The fraction of sp³-hybridized carbons (Fsp3) is 0.500. The number of carbonyl (C=O) groups is 6. The highest BCUT2D eigenvalue weighted by Gasteiger charge is 1.67. The normalized spacial score (nSPS) is 5.17. The zero-order chi connectivity index (χ0) is 21.5. The SMILES string of the molecule is CC(=O)O.CC(=O)O.CC(=O)O.CC(=O)O.CC(=O)O.CC(=O)O.N.N.N.N.N. The molecule has 17 nitrogen and oxygen atoms in total. The minimum atomic E-state index is -0.833. The summed E-state index contributed by atoms with van der Waals surface area (Å²) in [7, 11) is 0. The van der Waals surface area contributed by atoms with Crippen LogP contribution in [0.3, 0.4) is 0 Å². The van der Waals surface area contributed by atoms with Gasteiger partial charge >= 0.3 is 0 Å². The molecule has 0 aliphatic carbocycles. The molecular weight excluding hydrogens is 406 g/mol. The first-order chi connectivity index (χ1) is 10.4. The molecule has 0 saturated carbocycles. The van der Waals surface area contributed by atoms with Crippen molar-refractivity contribution in [2.45, 2.75) is 41.5 Å². The fourth-order valence-corrected chi connectivity index (χ4v) is 0. The second-order valence-corrected chi connectivity index (χ2v) is 3.11. The van der Waals surface area contributed by atoms with Gasteiger partial charge in [-0.15, -0.1) is 0 Å². The van der Waals surface area contributed by atoms with Crippen LogP contribution < -0.4 is 30.8 Å². The monoisotopic (exact) mass is 445 g/mol. The highest BCUT2D eigenvalue weighted by molar-refractivity contribution is 5.64. The van der Waals surface area contributed by atoms with Gasteiger partial charge in [0.2, 0.25) is 0 Å². The second-order valence-electron chi connectivity index (χ2n) is 3.11. The van der Waals surface area contributed by atoms with Crippen LogP contribution in [-0.2, 0) is 28.8 Å². The van der Waals surface area contributed by atoms with Crippen LogP contribution in [0.2, 0.25) is 0 Å². The predicted octanol–water partition coefficient (Wildman–Crippen LogP) is 1.36. The van der Waals surface area contributed by atoms with Crippen molar-refractivity contribution in [2.24, 2.45) is 0 Å². The molecule has 0 amide bonds. The smallest absolute Gasteiger partial charge is 0.300 e. The van der Waals surface area contributed by atoms with E-state index in [2.05, 4.69) is 0 Å². The van der Waals surface area contributed by atoms with Gasteiger partial charge in [0.1, 0.15) is 0 Å². The molecule has 0 aliphatic heterocycles. The number of carboxylic acid groups (broad SMARTS) is 6. The molecule has 0 unspecified atom stereocenters. The standard InChI is InChI=1S/6C2H4O2.5H3N/c6*1-2(3)4;;;;;/h6*1H3,(H,3,4);5*1H3. The molecule has 17 heteroatoms. The molecule has 0 heterocycles. The summed E-state index contributed by atoms with van der Waals surface area (Å²) >= 11 is 0. The van der Waals surface area contributed by atoms with Gasteiger partial charge in [-0.05, 0) is 0 Å². The van der Waals surface area contributed by atoms with E-state index < -0.39 is 35.8 Å². The average molecular weight is 445 g/mol. The fourth-order valence-electron chi connectivity index (χ4n) is 0. The molecule has 0 fully saturated rings. The van der Waals surface area contributed by atoms with E-state index in [4.69, 9.17) is 59.4 Å². The maximum absolute atomic E-state index is 9.00. The third-order valence-corrected chi connectivity index (χ3v) is 0. The van der Waals surface area contributed by atoms with Gasteiger partial charge in [0.25, 0.3) is 35.8 Å². The summed E-state index contributed by atoms with van der Waals surface area (Å²) in [6, 6.07) is 0. The van der Waals surface area contributed by atoms with Crippen LogP contribution in [0, 0.1) is 0 Å². The van der Waals surface area contributed by atoms with Crippen LogP contribution in [0.1, 0.15) is 41.5 Å². The summed E-state index contributed by atoms with van der Waals surface area (Å²) in [4.78, 5) is 54.0. The van der Waals surface area contributed by atoms with E-state index in [1.165, 1.54) is 0 Å². The molecule has 21 N–H and O–H groups in total. The minimum absolute atomic E-state index is 0. The Labute approximate surface area is 168 Å². The average Bonchev–Trinajstić information content (AvgIpc) is 2.08. The Hall–Kier alpha value is -3.38. The highest BCUT2D eigenvalue weighted by Crippen LogP contribution is 1.43. The molecule has 29 heavy (non-hydrogen) atoms. The van der Waals surface area contributed by atoms with Gasteiger partial charge in [0, 0.05) is 41.5 Å². The molecule has 0 aromatic heterocycles. The van der Waals surface area contributed by atoms with E-state index in [1.54, 1.807) is 0 Å². The Bertz CT molecular complexity index is 274. The lowest BCUT2D eigenvalue weighted by molar-refractivity contribution is -0.135. The Morgan fingerprint density at radius 2 is 0.310 bits per heavy atom. The van der Waals surface area contributed by atoms with E-state index in [9.17, 15) is 0 Å². The number of hydrogen-bond donors (Lipinski definition) is 11. The minimum Gasteiger partial charge on any atom is -0.481 e. The van der Waals surface area contributed by atoms with Gasteiger partial charge in [-0.25, -0.2) is 0 Å². The molecule has 0 radical (unpaired) electrons. The first-order valence-electron chi connectivity index (χ1n) is 5.57. The third-order valence-electron chi connectivity index (χ3n) is 0. The summed E-state index contributed by atoms with van der Waals surface area (Å²) in [5.41, 5.74) is 0. The summed E-state index contributed by atoms with van der Waals surface area (Å²) in [6.07, 6.45) is 0. The van der Waals surface area contributed by atoms with Crippen molar-refractivity contribution < 1.29 is 59.4 Å². The van der Waals surface area contributed by atoms with E-state index in [0.717, 1.165) is 41.5 Å². The van der Waals surface area contributed by atoms with E-state index >= 15 is 0 Å². The largest absolute Gasteiger partial charge is 0.481 e. The van der Waals surface area contributed by atoms with Gasteiger partial charge < -0.3 is 61.4 Å². The Morgan fingerprint density at radius 1 is 0.310 bits per heavy atom. The van der Waals surface area contributed by atoms with Crippen molar-refractivity contribution in [1.82, 2.24) is 30.8 Å². The Balaban J connectivity index is -0.0000000144. The number of hydrogen-bond acceptors (Lipinski definition) is 11. The van der Waals surface area contributed by atoms with Crippen LogP contribution in [0.25, 0.3) is 0 Å². The van der Waals surface area contributed by atoms with Crippen LogP contribution in [-0.4, -0.2) is 66.5 Å². The molecule has 0 aromatic rings.